The number of aryl methyl sites for hydroxylation is 1. The lowest BCUT2D eigenvalue weighted by molar-refractivity contribution is -0.143. The van der Waals surface area contributed by atoms with Gasteiger partial charge in [0.15, 0.2) is 5.82 Å². The average Bonchev–Trinajstić information content (AvgIpc) is 3.41. The van der Waals surface area contributed by atoms with Crippen molar-refractivity contribution in [2.24, 2.45) is 0 Å². The molecule has 0 unspecified atom stereocenters. The normalized spacial score (nSPS) is 16.0. The second kappa shape index (κ2) is 11.7. The lowest BCUT2D eigenvalue weighted by Crippen LogP contribution is -2.50. The summed E-state index contributed by atoms with van der Waals surface area (Å²) >= 11 is 0. The number of carbonyl (C=O) groups is 2. The van der Waals surface area contributed by atoms with Gasteiger partial charge in [-0.15, -0.1) is 5.10 Å². The standard InChI is InChI=1S/C31H37N5O5/c1-5-39-27(37)11-8-18-36-28(32-33-34-36)23-14-12-22(13-15-23)25-21-31(40-26-10-7-6-9-24(25)26)16-19-35(20-17-31)29(38)41-30(2,3)4/h6-7,9-10,12-15,21H,5,8,11,16-20H2,1-4H3. The van der Waals surface area contributed by atoms with E-state index in [0.29, 0.717) is 57.7 Å². The lowest BCUT2D eigenvalue weighted by Gasteiger charge is -2.43. The van der Waals surface area contributed by atoms with E-state index in [1.807, 2.05) is 51.1 Å². The van der Waals surface area contributed by atoms with Crippen LogP contribution in [0.15, 0.2) is 54.6 Å². The SMILES string of the molecule is CCOC(=O)CCCn1nnnc1-c1ccc(C2=CC3(CCN(C(=O)OC(C)(C)C)CC3)Oc3ccccc32)cc1. The van der Waals surface area contributed by atoms with E-state index < -0.39 is 11.2 Å². The van der Waals surface area contributed by atoms with Gasteiger partial charge >= 0.3 is 12.1 Å². The molecular weight excluding hydrogens is 522 g/mol. The summed E-state index contributed by atoms with van der Waals surface area (Å²) in [4.78, 5) is 26.1. The molecule has 5 rings (SSSR count). The van der Waals surface area contributed by atoms with Crippen LogP contribution in [0.25, 0.3) is 17.0 Å². The van der Waals surface area contributed by atoms with Crippen molar-refractivity contribution in [1.82, 2.24) is 25.1 Å². The fraction of sp³-hybridized carbons (Fsp3) is 0.452. The molecule has 1 spiro atoms. The predicted molar refractivity (Wildman–Crippen MR) is 153 cm³/mol. The number of nitrogens with zero attached hydrogens (tertiary/aromatic N) is 5. The minimum atomic E-state index is -0.530. The number of ether oxygens (including phenoxy) is 3. The third-order valence-electron chi connectivity index (χ3n) is 7.20. The van der Waals surface area contributed by atoms with Gasteiger partial charge in [-0.3, -0.25) is 4.79 Å². The number of benzene rings is 2. The van der Waals surface area contributed by atoms with Gasteiger partial charge in [-0.1, -0.05) is 42.5 Å². The number of carbonyl (C=O) groups excluding carboxylic acids is 2. The molecule has 216 valence electrons. The van der Waals surface area contributed by atoms with Crippen LogP contribution < -0.4 is 4.74 Å². The van der Waals surface area contributed by atoms with Gasteiger partial charge in [-0.25, -0.2) is 9.48 Å². The molecule has 0 atom stereocenters. The average molecular weight is 560 g/mol. The maximum atomic E-state index is 12.6. The number of rotatable bonds is 7. The minimum absolute atomic E-state index is 0.218. The maximum absolute atomic E-state index is 12.6. The fourth-order valence-electron chi connectivity index (χ4n) is 5.21. The molecule has 1 amide bonds. The van der Waals surface area contributed by atoms with Crippen molar-refractivity contribution >= 4 is 17.6 Å². The lowest BCUT2D eigenvalue weighted by atomic mass is 9.83. The zero-order valence-electron chi connectivity index (χ0n) is 24.1. The number of hydrogen-bond donors (Lipinski definition) is 0. The molecule has 2 aliphatic rings. The van der Waals surface area contributed by atoms with Crippen LogP contribution in [0, 0.1) is 0 Å². The zero-order chi connectivity index (χ0) is 29.0. The Labute approximate surface area is 240 Å². The molecular formula is C31H37N5O5. The van der Waals surface area contributed by atoms with E-state index in [1.165, 1.54) is 0 Å². The highest BCUT2D eigenvalue weighted by Gasteiger charge is 2.40. The topological polar surface area (TPSA) is 109 Å². The van der Waals surface area contributed by atoms with Gasteiger partial charge < -0.3 is 19.1 Å². The number of para-hydroxylation sites is 1. The Morgan fingerprint density at radius 2 is 1.73 bits per heavy atom. The van der Waals surface area contributed by atoms with E-state index in [0.717, 1.165) is 28.0 Å². The number of likely N-dealkylation sites (tertiary alicyclic amines) is 1. The van der Waals surface area contributed by atoms with Gasteiger partial charge in [-0.05, 0) is 67.8 Å². The number of aromatic nitrogens is 4. The van der Waals surface area contributed by atoms with Crippen molar-refractivity contribution in [2.75, 3.05) is 19.7 Å². The summed E-state index contributed by atoms with van der Waals surface area (Å²) in [6.07, 6.45) is 4.18. The summed E-state index contributed by atoms with van der Waals surface area (Å²) in [5, 5.41) is 12.2. The largest absolute Gasteiger partial charge is 0.482 e. The van der Waals surface area contributed by atoms with Gasteiger partial charge in [-0.2, -0.15) is 0 Å². The first-order chi connectivity index (χ1) is 19.7. The number of piperidine rings is 1. The number of fused-ring (bicyclic) bond motifs is 1. The zero-order valence-corrected chi connectivity index (χ0v) is 24.1. The van der Waals surface area contributed by atoms with Gasteiger partial charge in [0.05, 0.1) is 6.61 Å². The molecule has 1 aromatic heterocycles. The monoisotopic (exact) mass is 559 g/mol. The van der Waals surface area contributed by atoms with Gasteiger partial charge in [0.25, 0.3) is 0 Å². The summed E-state index contributed by atoms with van der Waals surface area (Å²) < 4.78 is 18.9. The Bertz CT molecular complexity index is 1420. The van der Waals surface area contributed by atoms with E-state index in [9.17, 15) is 9.59 Å². The first-order valence-corrected chi connectivity index (χ1v) is 14.2. The highest BCUT2D eigenvalue weighted by Crippen LogP contribution is 2.43. The van der Waals surface area contributed by atoms with E-state index in [2.05, 4.69) is 39.8 Å². The molecule has 10 nitrogen and oxygen atoms in total. The van der Waals surface area contributed by atoms with E-state index in [-0.39, 0.29) is 12.1 Å². The molecule has 0 saturated carbocycles. The summed E-state index contributed by atoms with van der Waals surface area (Å²) in [5.41, 5.74) is 3.03. The smallest absolute Gasteiger partial charge is 0.410 e. The van der Waals surface area contributed by atoms with E-state index >= 15 is 0 Å². The van der Waals surface area contributed by atoms with Crippen LogP contribution in [0.2, 0.25) is 0 Å². The molecule has 3 aromatic rings. The van der Waals surface area contributed by atoms with Crippen molar-refractivity contribution in [3.8, 4) is 17.1 Å². The molecule has 0 N–H and O–H groups in total. The Morgan fingerprint density at radius 1 is 1.02 bits per heavy atom. The highest BCUT2D eigenvalue weighted by molar-refractivity contribution is 5.85. The number of hydrogen-bond acceptors (Lipinski definition) is 8. The summed E-state index contributed by atoms with van der Waals surface area (Å²) in [5.74, 6) is 1.27. The molecule has 2 aromatic carbocycles. The molecule has 0 radical (unpaired) electrons. The van der Waals surface area contributed by atoms with Crippen molar-refractivity contribution in [2.45, 2.75) is 71.1 Å². The van der Waals surface area contributed by atoms with Crippen LogP contribution in [0.1, 0.15) is 64.5 Å². The summed E-state index contributed by atoms with van der Waals surface area (Å²) in [7, 11) is 0. The Morgan fingerprint density at radius 3 is 2.44 bits per heavy atom. The number of tetrazole rings is 1. The second-order valence-corrected chi connectivity index (χ2v) is 11.4. The number of amides is 1. The Hall–Kier alpha value is -4.21. The predicted octanol–water partition coefficient (Wildman–Crippen LogP) is 5.28. The van der Waals surface area contributed by atoms with Gasteiger partial charge in [0.1, 0.15) is 17.0 Å². The van der Waals surface area contributed by atoms with Crippen LogP contribution in [0.5, 0.6) is 5.75 Å². The van der Waals surface area contributed by atoms with Crippen LogP contribution in [0.3, 0.4) is 0 Å². The minimum Gasteiger partial charge on any atom is -0.482 e. The van der Waals surface area contributed by atoms with Crippen molar-refractivity contribution < 1.29 is 23.8 Å². The fourth-order valence-corrected chi connectivity index (χ4v) is 5.21. The third kappa shape index (κ3) is 6.58. The molecule has 0 bridgehead atoms. The van der Waals surface area contributed by atoms with E-state index in [1.54, 1.807) is 16.5 Å². The Balaban J connectivity index is 1.34. The van der Waals surface area contributed by atoms with Gasteiger partial charge in [0, 0.05) is 50.0 Å². The van der Waals surface area contributed by atoms with Crippen LogP contribution in [-0.4, -0.2) is 68.1 Å². The van der Waals surface area contributed by atoms with Crippen molar-refractivity contribution in [3.05, 3.63) is 65.7 Å². The van der Waals surface area contributed by atoms with Crippen LogP contribution in [-0.2, 0) is 20.8 Å². The maximum Gasteiger partial charge on any atom is 0.410 e. The molecule has 41 heavy (non-hydrogen) atoms. The van der Waals surface area contributed by atoms with Crippen LogP contribution >= 0.6 is 0 Å². The van der Waals surface area contributed by atoms with Crippen LogP contribution in [0.4, 0.5) is 4.79 Å². The quantitative estimate of drug-likeness (QED) is 0.360. The molecule has 3 heterocycles. The first-order valence-electron chi connectivity index (χ1n) is 14.2. The molecule has 0 aliphatic carbocycles. The second-order valence-electron chi connectivity index (χ2n) is 11.4. The summed E-state index contributed by atoms with van der Waals surface area (Å²) in [6.45, 7) is 9.43. The van der Waals surface area contributed by atoms with Crippen molar-refractivity contribution in [3.63, 3.8) is 0 Å². The third-order valence-corrected chi connectivity index (χ3v) is 7.20. The molecule has 10 heteroatoms. The highest BCUT2D eigenvalue weighted by atomic mass is 16.6. The molecule has 2 aliphatic heterocycles. The number of esters is 1. The van der Waals surface area contributed by atoms with Crippen molar-refractivity contribution in [1.29, 1.82) is 0 Å². The van der Waals surface area contributed by atoms with Gasteiger partial charge in [0.2, 0.25) is 0 Å². The first kappa shape index (κ1) is 28.3. The Kier molecular flexibility index (Phi) is 8.10. The molecule has 1 saturated heterocycles. The molecule has 1 fully saturated rings. The summed E-state index contributed by atoms with van der Waals surface area (Å²) in [6, 6.07) is 16.2. The van der Waals surface area contributed by atoms with E-state index in [4.69, 9.17) is 14.2 Å².